The van der Waals surface area contributed by atoms with Gasteiger partial charge in [0.05, 0.1) is 18.6 Å². The van der Waals surface area contributed by atoms with Gasteiger partial charge in [0.1, 0.15) is 4.21 Å². The summed E-state index contributed by atoms with van der Waals surface area (Å²) in [6, 6.07) is 20.6. The Morgan fingerprint density at radius 3 is 2.46 bits per heavy atom. The second kappa shape index (κ2) is 11.5. The Kier molecular flexibility index (Phi) is 8.35. The number of benzene rings is 2. The molecule has 186 valence electrons. The van der Waals surface area contributed by atoms with Crippen molar-refractivity contribution >= 4 is 27.3 Å². The maximum atomic E-state index is 13.2. The highest BCUT2D eigenvalue weighted by Crippen LogP contribution is 2.24. The molecule has 1 saturated heterocycles. The zero-order valence-corrected chi connectivity index (χ0v) is 21.3. The van der Waals surface area contributed by atoms with E-state index in [0.29, 0.717) is 17.3 Å². The van der Waals surface area contributed by atoms with E-state index >= 15 is 0 Å². The summed E-state index contributed by atoms with van der Waals surface area (Å²) in [5.74, 6) is 0.00440. The molecule has 2 N–H and O–H groups in total. The molecule has 1 aliphatic rings. The minimum absolute atomic E-state index is 0.00440. The van der Waals surface area contributed by atoms with Gasteiger partial charge >= 0.3 is 0 Å². The zero-order chi connectivity index (χ0) is 24.8. The number of nitrogens with zero attached hydrogens (tertiary/aromatic N) is 2. The average Bonchev–Trinajstić information content (AvgIpc) is 3.55. The van der Waals surface area contributed by atoms with E-state index in [1.54, 1.807) is 22.4 Å². The fraction of sp³-hybridized carbons (Fsp3) is 0.346. The number of carbonyl (C=O) groups excluding carboxylic acids is 1. The highest BCUT2D eigenvalue weighted by Gasteiger charge is 2.28. The summed E-state index contributed by atoms with van der Waals surface area (Å²) in [4.78, 5) is 17.2. The van der Waals surface area contributed by atoms with Gasteiger partial charge in [-0.1, -0.05) is 60.7 Å². The summed E-state index contributed by atoms with van der Waals surface area (Å²) < 4.78 is 27.5. The van der Waals surface area contributed by atoms with Crippen LogP contribution in [0.3, 0.4) is 0 Å². The Labute approximate surface area is 211 Å². The number of hydrogen-bond donors (Lipinski definition) is 2. The highest BCUT2D eigenvalue weighted by molar-refractivity contribution is 7.91. The number of amides is 1. The molecule has 1 aromatic heterocycles. The average molecular weight is 514 g/mol. The number of nitrogens with one attached hydrogen (secondary N) is 1. The molecule has 7 nitrogen and oxygen atoms in total. The number of hydrogen-bond acceptors (Lipinski definition) is 6. The standard InChI is InChI=1S/C26H31N3O4S2/c1-28(24(22-6-3-2-4-7-22)19-29-14-13-23(30)18-29)25(31)16-20-9-11-21(12-10-20)17-27-35(32,33)26-8-5-15-34-26/h2-12,15,23-24,27,30H,13-14,16-19H2,1H3. The number of β-amino-alcohol motifs (C(OH)–C–C–N with tert-alkyl or cyclic N) is 1. The van der Waals surface area contributed by atoms with Gasteiger partial charge in [-0.25, -0.2) is 13.1 Å². The van der Waals surface area contributed by atoms with Gasteiger partial charge in [0, 0.05) is 33.2 Å². The minimum Gasteiger partial charge on any atom is -0.392 e. The summed E-state index contributed by atoms with van der Waals surface area (Å²) in [7, 11) is -1.68. The van der Waals surface area contributed by atoms with E-state index in [2.05, 4.69) is 9.62 Å². The van der Waals surface area contributed by atoms with Gasteiger partial charge in [-0.05, 0) is 34.6 Å². The lowest BCUT2D eigenvalue weighted by molar-refractivity contribution is -0.131. The maximum Gasteiger partial charge on any atom is 0.250 e. The van der Waals surface area contributed by atoms with Gasteiger partial charge < -0.3 is 10.0 Å². The molecule has 9 heteroatoms. The second-order valence-electron chi connectivity index (χ2n) is 8.88. The summed E-state index contributed by atoms with van der Waals surface area (Å²) in [6.45, 7) is 2.31. The third-order valence-corrected chi connectivity index (χ3v) is 9.13. The molecule has 2 unspecified atom stereocenters. The SMILES string of the molecule is CN(C(=O)Cc1ccc(CNS(=O)(=O)c2cccs2)cc1)C(CN1CCC(O)C1)c1ccccc1. The van der Waals surface area contributed by atoms with Crippen molar-refractivity contribution in [2.75, 3.05) is 26.7 Å². The fourth-order valence-electron chi connectivity index (χ4n) is 4.26. The number of sulfonamides is 1. The van der Waals surface area contributed by atoms with Gasteiger partial charge in [-0.15, -0.1) is 11.3 Å². The Bertz CT molecular complexity index is 1200. The van der Waals surface area contributed by atoms with Gasteiger partial charge in [0.15, 0.2) is 0 Å². The van der Waals surface area contributed by atoms with Crippen molar-refractivity contribution in [3.8, 4) is 0 Å². The first kappa shape index (κ1) is 25.5. The Hall–Kier alpha value is -2.56. The molecule has 35 heavy (non-hydrogen) atoms. The van der Waals surface area contributed by atoms with Crippen LogP contribution in [0.4, 0.5) is 0 Å². The van der Waals surface area contributed by atoms with Crippen LogP contribution in [0.25, 0.3) is 0 Å². The molecule has 2 aromatic carbocycles. The van der Waals surface area contributed by atoms with Gasteiger partial charge in [-0.3, -0.25) is 9.69 Å². The molecular formula is C26H31N3O4S2. The summed E-state index contributed by atoms with van der Waals surface area (Å²) >= 11 is 1.18. The summed E-state index contributed by atoms with van der Waals surface area (Å²) in [6.07, 6.45) is 0.708. The van der Waals surface area contributed by atoms with Crippen LogP contribution in [0, 0.1) is 0 Å². The van der Waals surface area contributed by atoms with Crippen LogP contribution in [0.1, 0.15) is 29.2 Å². The highest BCUT2D eigenvalue weighted by atomic mass is 32.2. The summed E-state index contributed by atoms with van der Waals surface area (Å²) in [5.41, 5.74) is 2.76. The van der Waals surface area contributed by atoms with Crippen LogP contribution in [-0.2, 0) is 27.8 Å². The van der Waals surface area contributed by atoms with Crippen molar-refractivity contribution in [3.63, 3.8) is 0 Å². The number of thiophene rings is 1. The summed E-state index contributed by atoms with van der Waals surface area (Å²) in [5, 5.41) is 11.6. The van der Waals surface area contributed by atoms with Crippen LogP contribution >= 0.6 is 11.3 Å². The van der Waals surface area contributed by atoms with Crippen LogP contribution in [0.2, 0.25) is 0 Å². The van der Waals surface area contributed by atoms with Crippen LogP contribution in [0.5, 0.6) is 0 Å². The fourth-order valence-corrected chi connectivity index (χ4v) is 6.32. The minimum atomic E-state index is -3.52. The van der Waals surface area contributed by atoms with Crippen molar-refractivity contribution in [2.45, 2.75) is 35.7 Å². The lowest BCUT2D eigenvalue weighted by Gasteiger charge is -2.32. The molecule has 2 heterocycles. The predicted octanol–water partition coefficient (Wildman–Crippen LogP) is 3.04. The van der Waals surface area contributed by atoms with Gasteiger partial charge in [-0.2, -0.15) is 0 Å². The van der Waals surface area contributed by atoms with Crippen LogP contribution in [-0.4, -0.2) is 62.0 Å². The number of rotatable bonds is 10. The van der Waals surface area contributed by atoms with Crippen molar-refractivity contribution in [3.05, 3.63) is 88.8 Å². The number of carbonyl (C=O) groups is 1. The van der Waals surface area contributed by atoms with Crippen molar-refractivity contribution < 1.29 is 18.3 Å². The Morgan fingerprint density at radius 1 is 1.11 bits per heavy atom. The lowest BCUT2D eigenvalue weighted by Crippen LogP contribution is -2.39. The molecule has 0 aliphatic carbocycles. The van der Waals surface area contributed by atoms with Gasteiger partial charge in [0.2, 0.25) is 15.9 Å². The number of likely N-dealkylation sites (tertiary alicyclic amines) is 1. The second-order valence-corrected chi connectivity index (χ2v) is 11.8. The first-order valence-electron chi connectivity index (χ1n) is 11.6. The molecule has 3 aromatic rings. The van der Waals surface area contributed by atoms with E-state index in [-0.39, 0.29) is 31.0 Å². The molecule has 0 spiro atoms. The molecule has 1 aliphatic heterocycles. The van der Waals surface area contributed by atoms with Crippen LogP contribution < -0.4 is 4.72 Å². The third-order valence-electron chi connectivity index (χ3n) is 6.33. The van der Waals surface area contributed by atoms with E-state index in [1.807, 2.05) is 61.6 Å². The molecule has 2 atom stereocenters. The molecular weight excluding hydrogens is 482 g/mol. The Balaban J connectivity index is 1.38. The largest absolute Gasteiger partial charge is 0.392 e. The van der Waals surface area contributed by atoms with E-state index < -0.39 is 10.0 Å². The third kappa shape index (κ3) is 6.77. The Morgan fingerprint density at radius 2 is 1.83 bits per heavy atom. The quantitative estimate of drug-likeness (QED) is 0.435. The number of likely N-dealkylation sites (N-methyl/N-ethyl adjacent to an activating group) is 1. The molecule has 1 amide bonds. The molecule has 4 rings (SSSR count). The van der Waals surface area contributed by atoms with E-state index in [1.165, 1.54) is 11.3 Å². The molecule has 0 radical (unpaired) electrons. The first-order chi connectivity index (χ1) is 16.8. The normalized spacial score (nSPS) is 17.4. The predicted molar refractivity (Wildman–Crippen MR) is 138 cm³/mol. The first-order valence-corrected chi connectivity index (χ1v) is 14.0. The monoisotopic (exact) mass is 513 g/mol. The van der Waals surface area contributed by atoms with E-state index in [0.717, 1.165) is 29.7 Å². The number of aliphatic hydroxyl groups is 1. The molecule has 0 bridgehead atoms. The van der Waals surface area contributed by atoms with Crippen molar-refractivity contribution in [2.24, 2.45) is 0 Å². The molecule has 0 saturated carbocycles. The zero-order valence-electron chi connectivity index (χ0n) is 19.7. The van der Waals surface area contributed by atoms with Crippen molar-refractivity contribution in [1.29, 1.82) is 0 Å². The van der Waals surface area contributed by atoms with Crippen molar-refractivity contribution in [1.82, 2.24) is 14.5 Å². The van der Waals surface area contributed by atoms with E-state index in [4.69, 9.17) is 0 Å². The van der Waals surface area contributed by atoms with E-state index in [9.17, 15) is 18.3 Å². The smallest absolute Gasteiger partial charge is 0.250 e. The van der Waals surface area contributed by atoms with Gasteiger partial charge in [0.25, 0.3) is 0 Å². The maximum absolute atomic E-state index is 13.2. The van der Waals surface area contributed by atoms with Crippen LogP contribution in [0.15, 0.2) is 76.3 Å². The number of aliphatic hydroxyl groups excluding tert-OH is 1. The molecule has 1 fully saturated rings. The lowest BCUT2D eigenvalue weighted by atomic mass is 10.0. The topological polar surface area (TPSA) is 90.0 Å².